The molecule has 0 rings (SSSR count). The van der Waals surface area contributed by atoms with E-state index in [1.165, 1.54) is 35.8 Å². The largest absolute Gasteiger partial charge is 0.467 e. The van der Waals surface area contributed by atoms with Crippen molar-refractivity contribution in [2.45, 2.75) is 52.6 Å². The summed E-state index contributed by atoms with van der Waals surface area (Å²) in [6.45, 7) is 7.66. The van der Waals surface area contributed by atoms with Gasteiger partial charge in [-0.15, -0.1) is 0 Å². The minimum absolute atomic E-state index is 0.176. The van der Waals surface area contributed by atoms with Crippen LogP contribution in [-0.2, 0) is 28.7 Å². The third kappa shape index (κ3) is 12.1. The maximum Gasteiger partial charge on any atom is 0.329 e. The highest BCUT2D eigenvalue weighted by Crippen LogP contribution is 2.24. The van der Waals surface area contributed by atoms with Crippen molar-refractivity contribution >= 4 is 45.3 Å². The molecule has 0 aliphatic rings. The van der Waals surface area contributed by atoms with Gasteiger partial charge in [0.15, 0.2) is 0 Å². The normalized spacial score (nSPS) is 13.0. The van der Waals surface area contributed by atoms with E-state index in [0.29, 0.717) is 12.8 Å². The molecule has 8 nitrogen and oxygen atoms in total. The molecule has 0 aromatic rings. The molecule has 0 saturated carbocycles. The Morgan fingerprint density at radius 3 is 1.29 bits per heavy atom. The van der Waals surface area contributed by atoms with Crippen LogP contribution in [0, 0.1) is 11.8 Å². The summed E-state index contributed by atoms with van der Waals surface area (Å²) in [5, 5.41) is 5.33. The van der Waals surface area contributed by atoms with Crippen LogP contribution in [0.15, 0.2) is 0 Å². The summed E-state index contributed by atoms with van der Waals surface area (Å²) < 4.78 is 9.47. The Morgan fingerprint density at radius 2 is 1.04 bits per heavy atom. The van der Waals surface area contributed by atoms with Gasteiger partial charge >= 0.3 is 11.9 Å². The molecule has 162 valence electrons. The van der Waals surface area contributed by atoms with Gasteiger partial charge in [0.05, 0.1) is 14.2 Å². The minimum atomic E-state index is -0.777. The SMILES string of the molecule is COC(=O)[C@H](CSSC[C@@H](NC(=O)CC(C)C)C(=O)OC)NC(=O)CC(C)C. The molecule has 0 radical (unpaired) electrons. The van der Waals surface area contributed by atoms with E-state index >= 15 is 0 Å². The van der Waals surface area contributed by atoms with Crippen LogP contribution in [-0.4, -0.2) is 61.6 Å². The van der Waals surface area contributed by atoms with Gasteiger partial charge in [-0.05, 0) is 11.8 Å². The van der Waals surface area contributed by atoms with E-state index in [0.717, 1.165) is 0 Å². The summed E-state index contributed by atoms with van der Waals surface area (Å²) in [4.78, 5) is 47.6. The van der Waals surface area contributed by atoms with Crippen molar-refractivity contribution in [2.75, 3.05) is 25.7 Å². The van der Waals surface area contributed by atoms with Crippen LogP contribution in [0.5, 0.6) is 0 Å². The van der Waals surface area contributed by atoms with Crippen LogP contribution >= 0.6 is 21.6 Å². The molecule has 0 aromatic heterocycles. The molecule has 0 aliphatic carbocycles. The first-order chi connectivity index (χ1) is 13.1. The second kappa shape index (κ2) is 14.6. The first-order valence-corrected chi connectivity index (χ1v) is 11.6. The average molecular weight is 437 g/mol. The molecule has 0 saturated heterocycles. The van der Waals surface area contributed by atoms with Crippen molar-refractivity contribution in [3.8, 4) is 0 Å². The molecule has 2 N–H and O–H groups in total. The Labute approximate surface area is 175 Å². The molecule has 2 amide bonds. The smallest absolute Gasteiger partial charge is 0.329 e. The van der Waals surface area contributed by atoms with E-state index in [9.17, 15) is 19.2 Å². The molecule has 0 fully saturated rings. The molecular formula is C18H32N2O6S2. The summed E-state index contributed by atoms with van der Waals surface area (Å²) in [5.74, 6) is -0.593. The van der Waals surface area contributed by atoms with Crippen molar-refractivity contribution in [3.05, 3.63) is 0 Å². The highest BCUT2D eigenvalue weighted by molar-refractivity contribution is 8.76. The summed E-state index contributed by atoms with van der Waals surface area (Å²) in [5.41, 5.74) is 0. The molecule has 2 atom stereocenters. The summed E-state index contributed by atoms with van der Waals surface area (Å²) >= 11 is 0. The second-order valence-electron chi connectivity index (χ2n) is 7.05. The predicted octanol–water partition coefficient (Wildman–Crippen LogP) is 1.78. The second-order valence-corrected chi connectivity index (χ2v) is 9.60. The number of amides is 2. The first kappa shape index (κ1) is 26.6. The number of esters is 2. The zero-order chi connectivity index (χ0) is 21.7. The quantitative estimate of drug-likeness (QED) is 0.255. The zero-order valence-corrected chi connectivity index (χ0v) is 19.0. The van der Waals surface area contributed by atoms with Gasteiger partial charge in [-0.1, -0.05) is 49.3 Å². The fourth-order valence-corrected chi connectivity index (χ4v) is 4.40. The van der Waals surface area contributed by atoms with Crippen LogP contribution < -0.4 is 10.6 Å². The molecular weight excluding hydrogens is 404 g/mol. The minimum Gasteiger partial charge on any atom is -0.467 e. The third-order valence-electron chi connectivity index (χ3n) is 3.38. The fraction of sp³-hybridized carbons (Fsp3) is 0.778. The third-order valence-corrected chi connectivity index (χ3v) is 5.80. The van der Waals surface area contributed by atoms with Crippen molar-refractivity contribution < 1.29 is 28.7 Å². The molecule has 0 aliphatic heterocycles. The van der Waals surface area contributed by atoms with E-state index in [-0.39, 0.29) is 35.2 Å². The topological polar surface area (TPSA) is 111 Å². The molecule has 28 heavy (non-hydrogen) atoms. The molecule has 0 unspecified atom stereocenters. The lowest BCUT2D eigenvalue weighted by atomic mass is 10.1. The molecule has 10 heteroatoms. The number of hydrogen-bond donors (Lipinski definition) is 2. The summed E-state index contributed by atoms with van der Waals surface area (Å²) in [6, 6.07) is -1.55. The van der Waals surface area contributed by atoms with Gasteiger partial charge in [0.25, 0.3) is 0 Å². The van der Waals surface area contributed by atoms with E-state index in [1.54, 1.807) is 0 Å². The van der Waals surface area contributed by atoms with Gasteiger partial charge in [-0.2, -0.15) is 0 Å². The number of carbonyl (C=O) groups is 4. The predicted molar refractivity (Wildman–Crippen MR) is 112 cm³/mol. The number of hydrogen-bond acceptors (Lipinski definition) is 8. The van der Waals surface area contributed by atoms with Gasteiger partial charge < -0.3 is 20.1 Å². The lowest BCUT2D eigenvalue weighted by molar-refractivity contribution is -0.144. The van der Waals surface area contributed by atoms with E-state index in [2.05, 4.69) is 10.6 Å². The van der Waals surface area contributed by atoms with Crippen LogP contribution in [0.3, 0.4) is 0 Å². The Hall–Kier alpha value is -1.42. The maximum absolute atomic E-state index is 11.9. The standard InChI is InChI=1S/C18H32N2O6S2/c1-11(2)7-15(21)19-13(17(23)25-5)9-27-28-10-14(18(24)26-6)20-16(22)8-12(3)4/h11-14H,7-10H2,1-6H3,(H,19,21)(H,20,22)/t13-,14+. The van der Waals surface area contributed by atoms with Gasteiger partial charge in [0.1, 0.15) is 12.1 Å². The molecule has 0 spiro atoms. The van der Waals surface area contributed by atoms with Crippen molar-refractivity contribution in [2.24, 2.45) is 11.8 Å². The van der Waals surface area contributed by atoms with Crippen molar-refractivity contribution in [1.82, 2.24) is 10.6 Å². The highest BCUT2D eigenvalue weighted by atomic mass is 33.1. The number of ether oxygens (including phenoxy) is 2. The number of rotatable bonds is 13. The summed E-state index contributed by atoms with van der Waals surface area (Å²) in [6.07, 6.45) is 0.634. The van der Waals surface area contributed by atoms with E-state index < -0.39 is 24.0 Å². The first-order valence-electron chi connectivity index (χ1n) is 9.09. The summed E-state index contributed by atoms with van der Waals surface area (Å²) in [7, 11) is 5.14. The van der Waals surface area contributed by atoms with Gasteiger partial charge in [0.2, 0.25) is 11.8 Å². The Kier molecular flexibility index (Phi) is 13.8. The van der Waals surface area contributed by atoms with Crippen LogP contribution in [0.1, 0.15) is 40.5 Å². The highest BCUT2D eigenvalue weighted by Gasteiger charge is 2.24. The lowest BCUT2D eigenvalue weighted by Gasteiger charge is -2.18. The van der Waals surface area contributed by atoms with E-state index in [1.807, 2.05) is 27.7 Å². The Balaban J connectivity index is 4.61. The monoisotopic (exact) mass is 436 g/mol. The van der Waals surface area contributed by atoms with Crippen LogP contribution in [0.4, 0.5) is 0 Å². The van der Waals surface area contributed by atoms with Crippen molar-refractivity contribution in [3.63, 3.8) is 0 Å². The van der Waals surface area contributed by atoms with Crippen molar-refractivity contribution in [1.29, 1.82) is 0 Å². The van der Waals surface area contributed by atoms with Crippen LogP contribution in [0.2, 0.25) is 0 Å². The molecule has 0 heterocycles. The lowest BCUT2D eigenvalue weighted by Crippen LogP contribution is -2.44. The number of carbonyl (C=O) groups excluding carboxylic acids is 4. The van der Waals surface area contributed by atoms with Gasteiger partial charge in [0, 0.05) is 24.3 Å². The fourth-order valence-electron chi connectivity index (χ4n) is 2.10. The van der Waals surface area contributed by atoms with Crippen LogP contribution in [0.25, 0.3) is 0 Å². The maximum atomic E-state index is 11.9. The molecule has 0 aromatic carbocycles. The Morgan fingerprint density at radius 1 is 0.714 bits per heavy atom. The number of methoxy groups -OCH3 is 2. The van der Waals surface area contributed by atoms with Gasteiger partial charge in [-0.25, -0.2) is 9.59 Å². The number of nitrogens with one attached hydrogen (secondary N) is 2. The Bertz CT molecular complexity index is 482. The van der Waals surface area contributed by atoms with Gasteiger partial charge in [-0.3, -0.25) is 9.59 Å². The van der Waals surface area contributed by atoms with E-state index in [4.69, 9.17) is 9.47 Å². The zero-order valence-electron chi connectivity index (χ0n) is 17.4. The average Bonchev–Trinajstić information content (AvgIpc) is 2.60. The molecule has 0 bridgehead atoms.